The molecule has 0 saturated heterocycles. The molecule has 1 heterocycles. The highest BCUT2D eigenvalue weighted by atomic mass is 35.5. The summed E-state index contributed by atoms with van der Waals surface area (Å²) in [5.41, 5.74) is 1.26. The third-order valence-electron chi connectivity index (χ3n) is 3.67. The lowest BCUT2D eigenvalue weighted by atomic mass is 10.2. The van der Waals surface area contributed by atoms with E-state index in [-0.39, 0.29) is 17.4 Å². The number of anilines is 1. The number of rotatable bonds is 6. The second-order valence-electron chi connectivity index (χ2n) is 5.56. The van der Waals surface area contributed by atoms with Gasteiger partial charge in [-0.15, -0.1) is 10.2 Å². The average Bonchev–Trinajstić information content (AvgIpc) is 3.02. The first-order valence-electron chi connectivity index (χ1n) is 8.08. The smallest absolute Gasteiger partial charge is 0.234 e. The number of amides is 1. The fraction of sp³-hybridized carbons (Fsp3) is 0.167. The van der Waals surface area contributed by atoms with Crippen LogP contribution in [0.2, 0.25) is 10.0 Å². The van der Waals surface area contributed by atoms with Gasteiger partial charge in [-0.2, -0.15) is 0 Å². The Morgan fingerprint density at radius 1 is 1.22 bits per heavy atom. The number of phenolic OH excluding ortho intramolecular Hbond substituents is 1. The maximum absolute atomic E-state index is 12.2. The van der Waals surface area contributed by atoms with Gasteiger partial charge in [-0.1, -0.05) is 41.0 Å². The maximum atomic E-state index is 12.2. The summed E-state index contributed by atoms with van der Waals surface area (Å²) < 4.78 is 1.89. The monoisotopic (exact) mass is 422 g/mol. The fourth-order valence-corrected chi connectivity index (χ4v) is 3.76. The normalized spacial score (nSPS) is 10.8. The van der Waals surface area contributed by atoms with Crippen LogP contribution in [-0.2, 0) is 11.3 Å². The molecule has 140 valence electrons. The number of phenols is 1. The van der Waals surface area contributed by atoms with Crippen LogP contribution in [0.25, 0.3) is 11.4 Å². The van der Waals surface area contributed by atoms with Crippen molar-refractivity contribution in [2.75, 3.05) is 11.1 Å². The molecule has 3 aromatic rings. The van der Waals surface area contributed by atoms with Gasteiger partial charge in [0.05, 0.1) is 10.8 Å². The Bertz CT molecular complexity index is 978. The summed E-state index contributed by atoms with van der Waals surface area (Å²) in [6.07, 6.45) is 0. The van der Waals surface area contributed by atoms with E-state index >= 15 is 0 Å². The highest BCUT2D eigenvalue weighted by Crippen LogP contribution is 2.31. The van der Waals surface area contributed by atoms with Crippen LogP contribution in [0.15, 0.2) is 47.6 Å². The van der Waals surface area contributed by atoms with Gasteiger partial charge in [-0.05, 0) is 37.3 Å². The van der Waals surface area contributed by atoms with Crippen LogP contribution in [-0.4, -0.2) is 31.5 Å². The fourth-order valence-electron chi connectivity index (χ4n) is 2.46. The van der Waals surface area contributed by atoms with E-state index in [9.17, 15) is 9.90 Å². The number of thioether (sulfide) groups is 1. The molecule has 0 bridgehead atoms. The molecule has 6 nitrogen and oxygen atoms in total. The van der Waals surface area contributed by atoms with Gasteiger partial charge in [0.1, 0.15) is 5.75 Å². The van der Waals surface area contributed by atoms with Crippen molar-refractivity contribution in [3.8, 4) is 17.1 Å². The summed E-state index contributed by atoms with van der Waals surface area (Å²) in [6.45, 7) is 2.59. The van der Waals surface area contributed by atoms with Crippen LogP contribution in [0.3, 0.4) is 0 Å². The molecule has 0 radical (unpaired) electrons. The SMILES string of the molecule is CCn1c(SCC(=O)Nc2cccc(O)c2)nnc1-c1ccc(Cl)cc1Cl. The molecule has 27 heavy (non-hydrogen) atoms. The molecular weight excluding hydrogens is 407 g/mol. The van der Waals surface area contributed by atoms with E-state index in [1.807, 2.05) is 11.5 Å². The van der Waals surface area contributed by atoms with Crippen molar-refractivity contribution in [1.29, 1.82) is 0 Å². The first-order chi connectivity index (χ1) is 13.0. The molecule has 1 aromatic heterocycles. The first kappa shape index (κ1) is 19.5. The molecule has 0 aliphatic carbocycles. The molecule has 0 atom stereocenters. The molecule has 0 spiro atoms. The van der Waals surface area contributed by atoms with Gasteiger partial charge in [-0.25, -0.2) is 0 Å². The van der Waals surface area contributed by atoms with E-state index in [0.717, 1.165) is 5.56 Å². The van der Waals surface area contributed by atoms with Crippen LogP contribution < -0.4 is 5.32 Å². The highest BCUT2D eigenvalue weighted by molar-refractivity contribution is 7.99. The number of carbonyl (C=O) groups excluding carboxylic acids is 1. The van der Waals surface area contributed by atoms with Gasteiger partial charge in [0.15, 0.2) is 11.0 Å². The number of halogens is 2. The van der Waals surface area contributed by atoms with Crippen molar-refractivity contribution < 1.29 is 9.90 Å². The van der Waals surface area contributed by atoms with Gasteiger partial charge in [-0.3, -0.25) is 4.79 Å². The minimum Gasteiger partial charge on any atom is -0.508 e. The molecule has 1 amide bonds. The van der Waals surface area contributed by atoms with E-state index in [4.69, 9.17) is 23.2 Å². The number of benzene rings is 2. The number of hydrogen-bond donors (Lipinski definition) is 2. The van der Waals surface area contributed by atoms with Crippen LogP contribution in [0.4, 0.5) is 5.69 Å². The summed E-state index contributed by atoms with van der Waals surface area (Å²) in [7, 11) is 0. The molecule has 0 aliphatic rings. The predicted octanol–water partition coefficient (Wildman–Crippen LogP) is 4.71. The van der Waals surface area contributed by atoms with E-state index in [0.29, 0.717) is 33.3 Å². The van der Waals surface area contributed by atoms with Crippen molar-refractivity contribution in [3.05, 3.63) is 52.5 Å². The minimum absolute atomic E-state index is 0.0932. The lowest BCUT2D eigenvalue weighted by Crippen LogP contribution is -2.14. The van der Waals surface area contributed by atoms with E-state index in [1.165, 1.54) is 23.9 Å². The summed E-state index contributed by atoms with van der Waals surface area (Å²) >= 11 is 13.5. The number of nitrogens with one attached hydrogen (secondary N) is 1. The summed E-state index contributed by atoms with van der Waals surface area (Å²) in [6, 6.07) is 11.6. The Morgan fingerprint density at radius 2 is 2.04 bits per heavy atom. The van der Waals surface area contributed by atoms with E-state index in [2.05, 4.69) is 15.5 Å². The quantitative estimate of drug-likeness (QED) is 0.562. The van der Waals surface area contributed by atoms with Crippen LogP contribution in [0.1, 0.15) is 6.92 Å². The van der Waals surface area contributed by atoms with Gasteiger partial charge in [0.25, 0.3) is 0 Å². The summed E-state index contributed by atoms with van der Waals surface area (Å²) in [4.78, 5) is 12.2. The van der Waals surface area contributed by atoms with Crippen molar-refractivity contribution >= 4 is 46.6 Å². The number of aromatic hydroxyl groups is 1. The predicted molar refractivity (Wildman–Crippen MR) is 109 cm³/mol. The van der Waals surface area contributed by atoms with Crippen LogP contribution in [0.5, 0.6) is 5.75 Å². The molecule has 0 fully saturated rings. The van der Waals surface area contributed by atoms with Crippen LogP contribution >= 0.6 is 35.0 Å². The third-order valence-corrected chi connectivity index (χ3v) is 5.18. The number of hydrogen-bond acceptors (Lipinski definition) is 5. The zero-order chi connectivity index (χ0) is 19.4. The molecule has 0 unspecified atom stereocenters. The van der Waals surface area contributed by atoms with Crippen molar-refractivity contribution in [2.45, 2.75) is 18.6 Å². The highest BCUT2D eigenvalue weighted by Gasteiger charge is 2.17. The standard InChI is InChI=1S/C18H16Cl2N4O2S/c1-2-24-17(14-7-6-11(19)8-15(14)20)22-23-18(24)27-10-16(26)21-12-4-3-5-13(25)9-12/h3-9,25H,2,10H2,1H3,(H,21,26). The summed E-state index contributed by atoms with van der Waals surface area (Å²) in [5.74, 6) is 0.662. The second-order valence-corrected chi connectivity index (χ2v) is 7.35. The molecule has 2 N–H and O–H groups in total. The van der Waals surface area contributed by atoms with Crippen molar-refractivity contribution in [1.82, 2.24) is 14.8 Å². The molecule has 9 heteroatoms. The van der Waals surface area contributed by atoms with Crippen molar-refractivity contribution in [3.63, 3.8) is 0 Å². The Hall–Kier alpha value is -2.22. The van der Waals surface area contributed by atoms with E-state index in [1.54, 1.807) is 30.3 Å². The zero-order valence-electron chi connectivity index (χ0n) is 14.3. The molecule has 3 rings (SSSR count). The zero-order valence-corrected chi connectivity index (χ0v) is 16.6. The van der Waals surface area contributed by atoms with Crippen LogP contribution in [0, 0.1) is 0 Å². The lowest BCUT2D eigenvalue weighted by molar-refractivity contribution is -0.113. The average molecular weight is 423 g/mol. The molecule has 0 saturated carbocycles. The molecule has 0 aliphatic heterocycles. The van der Waals surface area contributed by atoms with Crippen molar-refractivity contribution in [2.24, 2.45) is 0 Å². The summed E-state index contributed by atoms with van der Waals surface area (Å²) in [5, 5.41) is 22.2. The molecule has 2 aromatic carbocycles. The van der Waals surface area contributed by atoms with E-state index < -0.39 is 0 Å². The second kappa shape index (κ2) is 8.65. The van der Waals surface area contributed by atoms with Gasteiger partial charge in [0, 0.05) is 28.9 Å². The Morgan fingerprint density at radius 3 is 2.74 bits per heavy atom. The van der Waals surface area contributed by atoms with Gasteiger partial charge < -0.3 is 15.0 Å². The Kier molecular flexibility index (Phi) is 6.26. The maximum Gasteiger partial charge on any atom is 0.234 e. The van der Waals surface area contributed by atoms with Gasteiger partial charge in [0.2, 0.25) is 5.91 Å². The topological polar surface area (TPSA) is 80.0 Å². The van der Waals surface area contributed by atoms with Gasteiger partial charge >= 0.3 is 0 Å². The largest absolute Gasteiger partial charge is 0.508 e. The third kappa shape index (κ3) is 4.74. The molecular formula is C18H16Cl2N4O2S. The first-order valence-corrected chi connectivity index (χ1v) is 9.82. The lowest BCUT2D eigenvalue weighted by Gasteiger charge is -2.09. The Balaban J connectivity index is 1.72. The minimum atomic E-state index is -0.206. The number of carbonyl (C=O) groups is 1. The Labute approximate surface area is 170 Å². The number of nitrogens with zero attached hydrogens (tertiary/aromatic N) is 3. The number of aromatic nitrogens is 3.